The third kappa shape index (κ3) is 4.45. The third-order valence-electron chi connectivity index (χ3n) is 6.15. The average Bonchev–Trinajstić information content (AvgIpc) is 3.43. The minimum absolute atomic E-state index is 0.355. The van der Waals surface area contributed by atoms with Gasteiger partial charge in [-0.2, -0.15) is 4.31 Å². The lowest BCUT2D eigenvalue weighted by molar-refractivity contribution is 0.144. The maximum atomic E-state index is 13.1. The summed E-state index contributed by atoms with van der Waals surface area (Å²) in [5.74, 6) is 1.75. The minimum atomic E-state index is -3.50. The molecule has 3 heterocycles. The molecule has 0 spiro atoms. The predicted octanol–water partition coefficient (Wildman–Crippen LogP) is 3.69. The Morgan fingerprint density at radius 3 is 2.41 bits per heavy atom. The Bertz CT molecular complexity index is 1210. The first-order valence-corrected chi connectivity index (χ1v) is 12.7. The minimum Gasteiger partial charge on any atom is -0.461 e. The SMILES string of the molecule is CCC(C)c1ccc(S(=O)(=O)N2CCN(Cn3nc(-c4ccco4)n(C)c3=S)CC2)cc1. The second-order valence-electron chi connectivity index (χ2n) is 8.18. The van der Waals surface area contributed by atoms with Gasteiger partial charge in [-0.15, -0.1) is 5.10 Å². The Morgan fingerprint density at radius 2 is 1.81 bits per heavy atom. The number of hydrogen-bond acceptors (Lipinski definition) is 6. The van der Waals surface area contributed by atoms with Gasteiger partial charge in [-0.1, -0.05) is 26.0 Å². The van der Waals surface area contributed by atoms with Gasteiger partial charge in [0.05, 0.1) is 17.8 Å². The number of benzene rings is 1. The highest BCUT2D eigenvalue weighted by Crippen LogP contribution is 2.23. The van der Waals surface area contributed by atoms with Crippen LogP contribution in [0.1, 0.15) is 31.7 Å². The van der Waals surface area contributed by atoms with Crippen molar-refractivity contribution in [3.63, 3.8) is 0 Å². The Morgan fingerprint density at radius 1 is 1.12 bits per heavy atom. The van der Waals surface area contributed by atoms with Crippen molar-refractivity contribution in [3.05, 3.63) is 53.0 Å². The predicted molar refractivity (Wildman–Crippen MR) is 125 cm³/mol. The summed E-state index contributed by atoms with van der Waals surface area (Å²) in [6, 6.07) is 11.0. The lowest BCUT2D eigenvalue weighted by Gasteiger charge is -2.33. The molecule has 4 rings (SSSR count). The summed E-state index contributed by atoms with van der Waals surface area (Å²) in [6.07, 6.45) is 2.63. The normalized spacial score (nSPS) is 17.0. The molecule has 3 aromatic rings. The van der Waals surface area contributed by atoms with Gasteiger partial charge in [-0.25, -0.2) is 13.1 Å². The fraction of sp³-hybridized carbons (Fsp3) is 0.455. The summed E-state index contributed by atoms with van der Waals surface area (Å²) >= 11 is 5.53. The van der Waals surface area contributed by atoms with Gasteiger partial charge in [-0.3, -0.25) is 4.90 Å². The zero-order valence-electron chi connectivity index (χ0n) is 18.6. The number of aromatic nitrogens is 3. The van der Waals surface area contributed by atoms with Crippen LogP contribution in [0.5, 0.6) is 0 Å². The van der Waals surface area contributed by atoms with E-state index >= 15 is 0 Å². The van der Waals surface area contributed by atoms with E-state index in [4.69, 9.17) is 16.6 Å². The number of nitrogens with zero attached hydrogens (tertiary/aromatic N) is 5. The molecule has 172 valence electrons. The molecule has 1 atom stereocenters. The van der Waals surface area contributed by atoms with E-state index < -0.39 is 10.0 Å². The topological polar surface area (TPSA) is 76.5 Å². The van der Waals surface area contributed by atoms with Crippen LogP contribution in [-0.4, -0.2) is 58.1 Å². The lowest BCUT2D eigenvalue weighted by atomic mass is 9.99. The summed E-state index contributed by atoms with van der Waals surface area (Å²) in [5.41, 5.74) is 1.16. The lowest BCUT2D eigenvalue weighted by Crippen LogP contribution is -2.48. The van der Waals surface area contributed by atoms with Crippen molar-refractivity contribution in [1.29, 1.82) is 0 Å². The molecular weight excluding hydrogens is 446 g/mol. The Labute approximate surface area is 194 Å². The second kappa shape index (κ2) is 9.30. The first kappa shape index (κ1) is 22.9. The molecule has 0 amide bonds. The van der Waals surface area contributed by atoms with Gasteiger partial charge >= 0.3 is 0 Å². The van der Waals surface area contributed by atoms with Crippen molar-refractivity contribution >= 4 is 22.2 Å². The van der Waals surface area contributed by atoms with Gasteiger partial charge in [0, 0.05) is 33.2 Å². The Kier molecular flexibility index (Phi) is 6.66. The van der Waals surface area contributed by atoms with Crippen molar-refractivity contribution in [2.45, 2.75) is 37.8 Å². The van der Waals surface area contributed by atoms with Crippen molar-refractivity contribution in [3.8, 4) is 11.6 Å². The highest BCUT2D eigenvalue weighted by molar-refractivity contribution is 7.89. The number of piperazine rings is 1. The highest BCUT2D eigenvalue weighted by Gasteiger charge is 2.29. The van der Waals surface area contributed by atoms with Crippen LogP contribution in [0.25, 0.3) is 11.6 Å². The number of rotatable bonds is 7. The van der Waals surface area contributed by atoms with Crippen LogP contribution >= 0.6 is 12.2 Å². The maximum absolute atomic E-state index is 13.1. The number of sulfonamides is 1. The molecule has 0 N–H and O–H groups in total. The van der Waals surface area contributed by atoms with E-state index in [9.17, 15) is 8.42 Å². The monoisotopic (exact) mass is 475 g/mol. The third-order valence-corrected chi connectivity index (χ3v) is 8.54. The fourth-order valence-corrected chi connectivity index (χ4v) is 5.46. The van der Waals surface area contributed by atoms with Crippen molar-refractivity contribution in [1.82, 2.24) is 23.6 Å². The Hall–Kier alpha value is -2.27. The number of hydrogen-bond donors (Lipinski definition) is 0. The zero-order valence-corrected chi connectivity index (χ0v) is 20.3. The molecule has 0 aliphatic carbocycles. The Balaban J connectivity index is 1.41. The first-order valence-electron chi connectivity index (χ1n) is 10.8. The van der Waals surface area contributed by atoms with Crippen molar-refractivity contribution < 1.29 is 12.8 Å². The molecule has 1 aliphatic heterocycles. The number of furan rings is 1. The van der Waals surface area contributed by atoms with Gasteiger partial charge in [0.2, 0.25) is 10.0 Å². The van der Waals surface area contributed by atoms with E-state index in [2.05, 4.69) is 23.8 Å². The van der Waals surface area contributed by atoms with Crippen LogP contribution in [0, 0.1) is 4.77 Å². The fourth-order valence-electron chi connectivity index (χ4n) is 3.85. The van der Waals surface area contributed by atoms with E-state index in [1.54, 1.807) is 27.4 Å². The molecule has 0 saturated carbocycles. The van der Waals surface area contributed by atoms with Gasteiger partial charge < -0.3 is 8.98 Å². The van der Waals surface area contributed by atoms with E-state index in [1.807, 2.05) is 35.9 Å². The van der Waals surface area contributed by atoms with Gasteiger partial charge in [0.1, 0.15) is 0 Å². The van der Waals surface area contributed by atoms with Crippen molar-refractivity contribution in [2.75, 3.05) is 26.2 Å². The van der Waals surface area contributed by atoms with Crippen molar-refractivity contribution in [2.24, 2.45) is 7.05 Å². The summed E-state index contributed by atoms with van der Waals surface area (Å²) in [4.78, 5) is 2.51. The summed E-state index contributed by atoms with van der Waals surface area (Å²) in [6.45, 7) is 6.86. The van der Waals surface area contributed by atoms with Crippen LogP contribution in [-0.2, 0) is 23.7 Å². The van der Waals surface area contributed by atoms with E-state index in [1.165, 1.54) is 0 Å². The summed E-state index contributed by atoms with van der Waals surface area (Å²) in [7, 11) is -1.64. The molecule has 1 saturated heterocycles. The molecule has 8 nitrogen and oxygen atoms in total. The zero-order chi connectivity index (χ0) is 22.9. The largest absolute Gasteiger partial charge is 0.461 e. The van der Waals surface area contributed by atoms with E-state index in [-0.39, 0.29) is 0 Å². The van der Waals surface area contributed by atoms with Crippen LogP contribution in [0.15, 0.2) is 52.0 Å². The maximum Gasteiger partial charge on any atom is 0.243 e. The highest BCUT2D eigenvalue weighted by atomic mass is 32.2. The molecule has 0 radical (unpaired) electrons. The molecule has 0 bridgehead atoms. The molecule has 10 heteroatoms. The molecule has 2 aromatic heterocycles. The van der Waals surface area contributed by atoms with Gasteiger partial charge in [-0.05, 0) is 54.4 Å². The summed E-state index contributed by atoms with van der Waals surface area (Å²) < 4.78 is 37.4. The van der Waals surface area contributed by atoms with Crippen LogP contribution in [0.3, 0.4) is 0 Å². The first-order chi connectivity index (χ1) is 15.3. The quantitative estimate of drug-likeness (QED) is 0.485. The van der Waals surface area contributed by atoms with Gasteiger partial charge in [0.25, 0.3) is 0 Å². The molecule has 1 unspecified atom stereocenters. The van der Waals surface area contributed by atoms with Gasteiger partial charge in [0.15, 0.2) is 16.4 Å². The molecule has 32 heavy (non-hydrogen) atoms. The van der Waals surface area contributed by atoms with Crippen LogP contribution in [0.2, 0.25) is 0 Å². The van der Waals surface area contributed by atoms with E-state index in [0.29, 0.717) is 60.0 Å². The molecule has 1 aliphatic rings. The summed E-state index contributed by atoms with van der Waals surface area (Å²) in [5, 5.41) is 4.60. The molecule has 1 fully saturated rings. The van der Waals surface area contributed by atoms with E-state index in [0.717, 1.165) is 12.0 Å². The standard InChI is InChI=1S/C22H29N5O3S2/c1-4-17(2)18-7-9-19(10-8-18)32(28,29)26-13-11-25(12-14-26)16-27-22(31)24(3)21(23-27)20-6-5-15-30-20/h5-10,15,17H,4,11-14,16H2,1-3H3. The van der Waals surface area contributed by atoms with Crippen LogP contribution < -0.4 is 0 Å². The van der Waals surface area contributed by atoms with Crippen LogP contribution in [0.4, 0.5) is 0 Å². The second-order valence-corrected chi connectivity index (χ2v) is 10.5. The average molecular weight is 476 g/mol. The molecule has 1 aromatic carbocycles. The molecular formula is C22H29N5O3S2. The smallest absolute Gasteiger partial charge is 0.243 e.